The second-order valence-corrected chi connectivity index (χ2v) is 6.47. The van der Waals surface area contributed by atoms with Gasteiger partial charge in [-0.3, -0.25) is 9.69 Å². The minimum absolute atomic E-state index is 0.0328. The van der Waals surface area contributed by atoms with Gasteiger partial charge in [-0.1, -0.05) is 20.8 Å². The van der Waals surface area contributed by atoms with Crippen LogP contribution in [0.25, 0.3) is 0 Å². The summed E-state index contributed by atoms with van der Waals surface area (Å²) in [7, 11) is 0. The molecular weight excluding hydrogens is 305 g/mol. The molecule has 1 heterocycles. The number of hydrogen-bond acceptors (Lipinski definition) is 3. The van der Waals surface area contributed by atoms with E-state index in [4.69, 9.17) is 0 Å². The van der Waals surface area contributed by atoms with Gasteiger partial charge in [0.1, 0.15) is 5.82 Å². The van der Waals surface area contributed by atoms with Crippen LogP contribution in [0.3, 0.4) is 0 Å². The fourth-order valence-corrected chi connectivity index (χ4v) is 3.52. The molecule has 1 aromatic rings. The van der Waals surface area contributed by atoms with Crippen LogP contribution in [0.15, 0.2) is 24.3 Å². The Morgan fingerprint density at radius 1 is 1.29 bits per heavy atom. The Bertz CT molecular complexity index is 516. The number of nitrogens with one attached hydrogen (secondary N) is 1. The molecule has 1 aromatic carbocycles. The Balaban J connectivity index is 1.82. The van der Waals surface area contributed by atoms with Gasteiger partial charge in [0.15, 0.2) is 0 Å². The van der Waals surface area contributed by atoms with Gasteiger partial charge in [-0.05, 0) is 56.1 Å². The molecule has 1 N–H and O–H groups in total. The summed E-state index contributed by atoms with van der Waals surface area (Å²) in [6, 6.07) is 6.61. The van der Waals surface area contributed by atoms with Gasteiger partial charge >= 0.3 is 0 Å². The summed E-state index contributed by atoms with van der Waals surface area (Å²) >= 11 is 0. The highest BCUT2D eigenvalue weighted by molar-refractivity contribution is 5.81. The van der Waals surface area contributed by atoms with Gasteiger partial charge in [-0.15, -0.1) is 0 Å². The Kier molecular flexibility index (Phi) is 7.03. The molecular formula is C19H30FN3O. The molecule has 1 aliphatic rings. The molecule has 2 rings (SSSR count). The smallest absolute Gasteiger partial charge is 0.237 e. The van der Waals surface area contributed by atoms with Crippen LogP contribution in [0.2, 0.25) is 0 Å². The number of benzene rings is 1. The lowest BCUT2D eigenvalue weighted by molar-refractivity contribution is -0.126. The van der Waals surface area contributed by atoms with Gasteiger partial charge in [0.05, 0.1) is 6.04 Å². The normalized spacial score (nSPS) is 18.9. The number of rotatable bonds is 8. The summed E-state index contributed by atoms with van der Waals surface area (Å²) in [6.45, 7) is 10.6. The zero-order valence-electron chi connectivity index (χ0n) is 15.1. The average Bonchev–Trinajstić information content (AvgIpc) is 3.07. The van der Waals surface area contributed by atoms with Gasteiger partial charge < -0.3 is 10.2 Å². The van der Waals surface area contributed by atoms with E-state index in [1.54, 1.807) is 0 Å². The fourth-order valence-electron chi connectivity index (χ4n) is 3.52. The highest BCUT2D eigenvalue weighted by Crippen LogP contribution is 2.23. The topological polar surface area (TPSA) is 35.6 Å². The maximum absolute atomic E-state index is 13.0. The zero-order chi connectivity index (χ0) is 17.5. The van der Waals surface area contributed by atoms with Crippen LogP contribution >= 0.6 is 0 Å². The lowest BCUT2D eigenvalue weighted by Crippen LogP contribution is -2.47. The number of amides is 1. The first kappa shape index (κ1) is 18.7. The van der Waals surface area contributed by atoms with Gasteiger partial charge in [-0.2, -0.15) is 0 Å². The average molecular weight is 335 g/mol. The van der Waals surface area contributed by atoms with Crippen molar-refractivity contribution in [3.8, 4) is 0 Å². The number of likely N-dealkylation sites (N-methyl/N-ethyl adjacent to an activating group) is 1. The van der Waals surface area contributed by atoms with Crippen LogP contribution in [-0.2, 0) is 4.79 Å². The van der Waals surface area contributed by atoms with E-state index in [0.717, 1.165) is 44.7 Å². The third-order valence-electron chi connectivity index (χ3n) is 4.99. The molecule has 0 spiro atoms. The van der Waals surface area contributed by atoms with Crippen molar-refractivity contribution in [3.63, 3.8) is 0 Å². The lowest BCUT2D eigenvalue weighted by Gasteiger charge is -2.28. The Hall–Kier alpha value is -1.62. The Morgan fingerprint density at radius 3 is 2.54 bits per heavy atom. The zero-order valence-corrected chi connectivity index (χ0v) is 15.1. The summed E-state index contributed by atoms with van der Waals surface area (Å²) < 4.78 is 13.0. The van der Waals surface area contributed by atoms with E-state index >= 15 is 0 Å². The predicted octanol–water partition coefficient (Wildman–Crippen LogP) is 2.89. The second kappa shape index (κ2) is 9.02. The van der Waals surface area contributed by atoms with E-state index in [0.29, 0.717) is 12.5 Å². The van der Waals surface area contributed by atoms with Crippen LogP contribution in [0.1, 0.15) is 33.6 Å². The van der Waals surface area contributed by atoms with Crippen molar-refractivity contribution in [3.05, 3.63) is 30.1 Å². The first-order chi connectivity index (χ1) is 11.6. The first-order valence-electron chi connectivity index (χ1n) is 9.11. The van der Waals surface area contributed by atoms with Crippen molar-refractivity contribution in [2.75, 3.05) is 37.6 Å². The lowest BCUT2D eigenvalue weighted by atomic mass is 10.1. The number of hydrogen-bond donors (Lipinski definition) is 1. The molecule has 1 amide bonds. The number of anilines is 1. The summed E-state index contributed by atoms with van der Waals surface area (Å²) in [5, 5.41) is 3.14. The minimum Gasteiger partial charge on any atom is -0.371 e. The number of nitrogens with zero attached hydrogens (tertiary/aromatic N) is 2. The molecule has 134 valence electrons. The maximum atomic E-state index is 13.0. The van der Waals surface area contributed by atoms with Gasteiger partial charge in [0, 0.05) is 25.3 Å². The molecule has 1 aliphatic heterocycles. The van der Waals surface area contributed by atoms with E-state index < -0.39 is 0 Å². The van der Waals surface area contributed by atoms with Crippen LogP contribution in [-0.4, -0.2) is 49.6 Å². The molecule has 0 unspecified atom stereocenters. The standard InChI is InChI=1S/C19H30FN3O/c1-4-18(22(5-2)6-3)19(24)21-13-15-11-12-23(14-15)17-9-7-16(20)8-10-17/h7-10,15,18H,4-6,11-14H2,1-3H3,(H,21,24)/t15-,18-/m1/s1. The largest absolute Gasteiger partial charge is 0.371 e. The Morgan fingerprint density at radius 2 is 1.96 bits per heavy atom. The molecule has 0 radical (unpaired) electrons. The van der Waals surface area contributed by atoms with Crippen molar-refractivity contribution in [2.24, 2.45) is 5.92 Å². The molecule has 5 heteroatoms. The third-order valence-corrected chi connectivity index (χ3v) is 4.99. The van der Waals surface area contributed by atoms with Crippen LogP contribution in [0.4, 0.5) is 10.1 Å². The van der Waals surface area contributed by atoms with E-state index in [1.807, 2.05) is 12.1 Å². The van der Waals surface area contributed by atoms with Crippen LogP contribution in [0.5, 0.6) is 0 Å². The first-order valence-corrected chi connectivity index (χ1v) is 9.11. The van der Waals surface area contributed by atoms with E-state index in [2.05, 4.69) is 35.9 Å². The quantitative estimate of drug-likeness (QED) is 0.793. The van der Waals surface area contributed by atoms with E-state index in [9.17, 15) is 9.18 Å². The molecule has 1 saturated heterocycles. The number of carbonyl (C=O) groups is 1. The number of halogens is 1. The summed E-state index contributed by atoms with van der Waals surface area (Å²) in [5.74, 6) is 0.387. The van der Waals surface area contributed by atoms with Crippen LogP contribution < -0.4 is 10.2 Å². The molecule has 0 aromatic heterocycles. The molecule has 0 aliphatic carbocycles. The van der Waals surface area contributed by atoms with Crippen molar-refractivity contribution in [1.29, 1.82) is 0 Å². The van der Waals surface area contributed by atoms with Gasteiger partial charge in [-0.25, -0.2) is 4.39 Å². The summed E-state index contributed by atoms with van der Waals surface area (Å²) in [4.78, 5) is 16.9. The molecule has 0 saturated carbocycles. The van der Waals surface area contributed by atoms with Crippen molar-refractivity contribution >= 4 is 11.6 Å². The highest BCUT2D eigenvalue weighted by Gasteiger charge is 2.26. The van der Waals surface area contributed by atoms with Crippen molar-refractivity contribution < 1.29 is 9.18 Å². The SMILES string of the molecule is CC[C@H](C(=O)NC[C@H]1CCN(c2ccc(F)cc2)C1)N(CC)CC. The van der Waals surface area contributed by atoms with Crippen LogP contribution in [0, 0.1) is 11.7 Å². The Labute approximate surface area is 145 Å². The molecule has 24 heavy (non-hydrogen) atoms. The molecule has 2 atom stereocenters. The molecule has 1 fully saturated rings. The highest BCUT2D eigenvalue weighted by atomic mass is 19.1. The van der Waals surface area contributed by atoms with Gasteiger partial charge in [0.2, 0.25) is 5.91 Å². The second-order valence-electron chi connectivity index (χ2n) is 6.47. The monoisotopic (exact) mass is 335 g/mol. The van der Waals surface area contributed by atoms with E-state index in [1.165, 1.54) is 12.1 Å². The summed E-state index contributed by atoms with van der Waals surface area (Å²) in [6.07, 6.45) is 1.89. The maximum Gasteiger partial charge on any atom is 0.237 e. The van der Waals surface area contributed by atoms with E-state index in [-0.39, 0.29) is 17.8 Å². The van der Waals surface area contributed by atoms with Crippen molar-refractivity contribution in [1.82, 2.24) is 10.2 Å². The molecule has 4 nitrogen and oxygen atoms in total. The minimum atomic E-state index is -0.205. The fraction of sp³-hybridized carbons (Fsp3) is 0.632. The van der Waals surface area contributed by atoms with Gasteiger partial charge in [0.25, 0.3) is 0 Å². The third kappa shape index (κ3) is 4.69. The predicted molar refractivity (Wildman–Crippen MR) is 96.7 cm³/mol. The van der Waals surface area contributed by atoms with Crippen molar-refractivity contribution in [2.45, 2.75) is 39.7 Å². The summed E-state index contributed by atoms with van der Waals surface area (Å²) in [5.41, 5.74) is 1.06. The molecule has 0 bridgehead atoms. The number of carbonyl (C=O) groups excluding carboxylic acids is 1.